The number of carbonyl (C=O) groups excluding carboxylic acids is 1. The summed E-state index contributed by atoms with van der Waals surface area (Å²) < 4.78 is 0. The number of aromatic nitrogens is 1. The Morgan fingerprint density at radius 1 is 1.29 bits per heavy atom. The van der Waals surface area contributed by atoms with Crippen molar-refractivity contribution >= 4 is 41.7 Å². The Morgan fingerprint density at radius 2 is 2.10 bits per heavy atom. The van der Waals surface area contributed by atoms with Gasteiger partial charge in [-0.3, -0.25) is 4.79 Å². The van der Waals surface area contributed by atoms with E-state index in [0.29, 0.717) is 6.54 Å². The van der Waals surface area contributed by atoms with Crippen LogP contribution < -0.4 is 21.3 Å². The van der Waals surface area contributed by atoms with Gasteiger partial charge >= 0.3 is 0 Å². The topological polar surface area (TPSA) is 95.6 Å². The van der Waals surface area contributed by atoms with Gasteiger partial charge in [-0.2, -0.15) is 0 Å². The number of nitrogens with two attached hydrogens (primary N) is 1. The van der Waals surface area contributed by atoms with Gasteiger partial charge in [-0.05, 0) is 57.9 Å². The second-order valence-electron chi connectivity index (χ2n) is 8.13. The molecule has 4 N–H and O–H groups in total. The highest BCUT2D eigenvalue weighted by molar-refractivity contribution is 14.0. The summed E-state index contributed by atoms with van der Waals surface area (Å²) in [4.78, 5) is 23.1. The zero-order valence-electron chi connectivity index (χ0n) is 18.6. The molecule has 0 bridgehead atoms. The average molecular weight is 540 g/mol. The fourth-order valence-electron chi connectivity index (χ4n) is 4.19. The molecule has 2 heterocycles. The van der Waals surface area contributed by atoms with Crippen LogP contribution in [0, 0.1) is 5.92 Å². The molecule has 1 aromatic heterocycles. The Labute approximate surface area is 203 Å². The molecular weight excluding hydrogens is 503 g/mol. The van der Waals surface area contributed by atoms with E-state index in [-0.39, 0.29) is 35.8 Å². The van der Waals surface area contributed by atoms with Crippen LogP contribution in [0.25, 0.3) is 0 Å². The molecule has 0 radical (unpaired) electrons. The summed E-state index contributed by atoms with van der Waals surface area (Å²) in [5.41, 5.74) is 8.14. The summed E-state index contributed by atoms with van der Waals surface area (Å²) in [6, 6.07) is 4.04. The van der Waals surface area contributed by atoms with E-state index < -0.39 is 0 Å². The molecule has 0 saturated carbocycles. The number of carbonyl (C=O) groups is 1. The van der Waals surface area contributed by atoms with E-state index in [4.69, 9.17) is 10.7 Å². The van der Waals surface area contributed by atoms with Crippen molar-refractivity contribution in [1.82, 2.24) is 15.6 Å². The summed E-state index contributed by atoms with van der Waals surface area (Å²) in [6.45, 7) is 5.98. The van der Waals surface area contributed by atoms with Crippen LogP contribution in [0.1, 0.15) is 57.4 Å². The van der Waals surface area contributed by atoms with Gasteiger partial charge in [-0.25, -0.2) is 9.98 Å². The van der Waals surface area contributed by atoms with E-state index in [1.807, 2.05) is 12.3 Å². The van der Waals surface area contributed by atoms with E-state index in [1.54, 1.807) is 5.57 Å². The molecule has 1 aliphatic carbocycles. The largest absolute Gasteiger partial charge is 0.369 e. The molecule has 0 unspecified atom stereocenters. The lowest BCUT2D eigenvalue weighted by molar-refractivity contribution is -0.122. The van der Waals surface area contributed by atoms with Crippen LogP contribution in [0.4, 0.5) is 5.82 Å². The minimum atomic E-state index is -0.189. The van der Waals surface area contributed by atoms with E-state index >= 15 is 0 Å². The molecule has 0 atom stereocenters. The van der Waals surface area contributed by atoms with E-state index in [2.05, 4.69) is 39.6 Å². The Morgan fingerprint density at radius 3 is 2.77 bits per heavy atom. The molecule has 1 aliphatic heterocycles. The highest BCUT2D eigenvalue weighted by Crippen LogP contribution is 2.25. The number of nitrogens with zero attached hydrogens (tertiary/aromatic N) is 3. The fourth-order valence-corrected chi connectivity index (χ4v) is 4.19. The van der Waals surface area contributed by atoms with Gasteiger partial charge < -0.3 is 21.3 Å². The maximum absolute atomic E-state index is 11.4. The molecule has 31 heavy (non-hydrogen) atoms. The third kappa shape index (κ3) is 7.97. The van der Waals surface area contributed by atoms with E-state index in [9.17, 15) is 4.79 Å². The summed E-state index contributed by atoms with van der Waals surface area (Å²) in [6.07, 6.45) is 12.0. The van der Waals surface area contributed by atoms with Crippen molar-refractivity contribution in [3.63, 3.8) is 0 Å². The number of hydrogen-bond acceptors (Lipinski definition) is 4. The van der Waals surface area contributed by atoms with Crippen LogP contribution in [0.3, 0.4) is 0 Å². The van der Waals surface area contributed by atoms with Crippen molar-refractivity contribution < 1.29 is 4.79 Å². The number of halogens is 1. The van der Waals surface area contributed by atoms with Crippen LogP contribution in [-0.4, -0.2) is 43.0 Å². The number of primary amides is 1. The molecule has 8 heteroatoms. The van der Waals surface area contributed by atoms with Gasteiger partial charge in [0.05, 0.1) is 6.54 Å². The first-order valence-electron chi connectivity index (χ1n) is 11.4. The average Bonchev–Trinajstić information content (AvgIpc) is 2.78. The number of amides is 1. The second-order valence-corrected chi connectivity index (χ2v) is 8.13. The first-order valence-corrected chi connectivity index (χ1v) is 11.4. The van der Waals surface area contributed by atoms with Crippen LogP contribution in [-0.2, 0) is 11.3 Å². The van der Waals surface area contributed by atoms with E-state index in [0.717, 1.165) is 62.8 Å². The predicted octanol–water partition coefficient (Wildman–Crippen LogP) is 3.35. The summed E-state index contributed by atoms with van der Waals surface area (Å²) >= 11 is 0. The molecule has 0 aromatic carbocycles. The molecule has 1 amide bonds. The molecule has 3 rings (SSSR count). The first kappa shape index (κ1) is 25.4. The number of aliphatic imine (C=N–C) groups is 1. The number of hydrogen-bond donors (Lipinski definition) is 3. The molecule has 2 aliphatic rings. The Bertz CT molecular complexity index is 758. The summed E-state index contributed by atoms with van der Waals surface area (Å²) in [5.74, 6) is 1.60. The Balaban J connectivity index is 0.00000341. The molecule has 1 aromatic rings. The first-order chi connectivity index (χ1) is 14.7. The second kappa shape index (κ2) is 13.5. The highest BCUT2D eigenvalue weighted by Gasteiger charge is 2.24. The van der Waals surface area contributed by atoms with Crippen molar-refractivity contribution in [2.45, 2.75) is 58.4 Å². The van der Waals surface area contributed by atoms with Crippen LogP contribution in [0.2, 0.25) is 0 Å². The van der Waals surface area contributed by atoms with Gasteiger partial charge in [-0.15, -0.1) is 24.0 Å². The van der Waals surface area contributed by atoms with Crippen molar-refractivity contribution in [2.24, 2.45) is 16.6 Å². The van der Waals surface area contributed by atoms with Gasteiger partial charge in [0.25, 0.3) is 0 Å². The third-order valence-corrected chi connectivity index (χ3v) is 5.94. The maximum atomic E-state index is 11.4. The Kier molecular flexibility index (Phi) is 11.1. The quantitative estimate of drug-likeness (QED) is 0.204. The van der Waals surface area contributed by atoms with Crippen molar-refractivity contribution in [2.75, 3.05) is 31.1 Å². The number of guanidine groups is 1. The summed E-state index contributed by atoms with van der Waals surface area (Å²) in [7, 11) is 0. The number of rotatable bonds is 8. The number of pyridine rings is 1. The van der Waals surface area contributed by atoms with Gasteiger partial charge in [0.15, 0.2) is 5.96 Å². The molecule has 1 fully saturated rings. The van der Waals surface area contributed by atoms with Gasteiger partial charge in [0.1, 0.15) is 5.82 Å². The third-order valence-electron chi connectivity index (χ3n) is 5.94. The van der Waals surface area contributed by atoms with Crippen LogP contribution >= 0.6 is 24.0 Å². The molecule has 1 saturated heterocycles. The molecule has 7 nitrogen and oxygen atoms in total. The number of piperidine rings is 1. The normalized spacial score (nSPS) is 17.5. The smallest absolute Gasteiger partial charge is 0.220 e. The summed E-state index contributed by atoms with van der Waals surface area (Å²) in [5, 5.41) is 6.81. The molecule has 0 spiro atoms. The molecular formula is C23H37IN6O. The SMILES string of the molecule is CCNC(=NCc1cccnc1N1CCC(C(N)=O)CC1)NCCC1=CCCCC1.I. The standard InChI is InChI=1S/C23H36N6O.HI/c1-2-25-23(27-14-10-18-7-4-3-5-8-18)28-17-20-9-6-13-26-22(20)29-15-11-19(12-16-29)21(24)30;/h6-7,9,13,19H,2-5,8,10-12,14-17H2,1H3,(H2,24,30)(H2,25,27,28);1H. The van der Waals surface area contributed by atoms with Gasteiger partial charge in [0.2, 0.25) is 5.91 Å². The van der Waals surface area contributed by atoms with Crippen molar-refractivity contribution in [3.8, 4) is 0 Å². The van der Waals surface area contributed by atoms with E-state index in [1.165, 1.54) is 25.7 Å². The van der Waals surface area contributed by atoms with Gasteiger partial charge in [0, 0.05) is 43.9 Å². The predicted molar refractivity (Wildman–Crippen MR) is 138 cm³/mol. The zero-order chi connectivity index (χ0) is 21.2. The fraction of sp³-hybridized carbons (Fsp3) is 0.609. The molecule has 172 valence electrons. The number of anilines is 1. The highest BCUT2D eigenvalue weighted by atomic mass is 127. The van der Waals surface area contributed by atoms with Gasteiger partial charge in [-0.1, -0.05) is 17.7 Å². The lowest BCUT2D eigenvalue weighted by atomic mass is 9.96. The monoisotopic (exact) mass is 540 g/mol. The zero-order valence-corrected chi connectivity index (χ0v) is 20.9. The maximum Gasteiger partial charge on any atom is 0.220 e. The van der Waals surface area contributed by atoms with Crippen LogP contribution in [0.5, 0.6) is 0 Å². The minimum absolute atomic E-state index is 0. The Hall–Kier alpha value is -1.84. The number of allylic oxidation sites excluding steroid dienone is 1. The van der Waals surface area contributed by atoms with Crippen molar-refractivity contribution in [1.29, 1.82) is 0 Å². The lowest BCUT2D eigenvalue weighted by Crippen LogP contribution is -2.39. The number of nitrogens with one attached hydrogen (secondary N) is 2. The van der Waals surface area contributed by atoms with Crippen LogP contribution in [0.15, 0.2) is 35.0 Å². The van der Waals surface area contributed by atoms with Crippen molar-refractivity contribution in [3.05, 3.63) is 35.5 Å². The minimum Gasteiger partial charge on any atom is -0.369 e. The lowest BCUT2D eigenvalue weighted by Gasteiger charge is -2.32.